The minimum absolute atomic E-state index is 0.140. The highest BCUT2D eigenvalue weighted by Gasteiger charge is 2.07. The number of hydrogen-bond acceptors (Lipinski definition) is 4. The van der Waals surface area contributed by atoms with E-state index in [2.05, 4.69) is 0 Å². The molecule has 0 rings (SSSR count). The topological polar surface area (TPSA) is 83.6 Å². The normalized spacial score (nSPS) is 16.2. The second-order valence-electron chi connectivity index (χ2n) is 2.49. The number of aliphatic hydroxyl groups is 2. The molecular formula is C7H13NO4. The molecule has 0 radical (unpaired) electrons. The van der Waals surface area contributed by atoms with Crippen LogP contribution in [0.25, 0.3) is 0 Å². The van der Waals surface area contributed by atoms with E-state index in [1.165, 1.54) is 0 Å². The van der Waals surface area contributed by atoms with Crippen LogP contribution in [-0.4, -0.2) is 27.3 Å². The molecule has 0 aromatic rings. The Morgan fingerprint density at radius 1 is 1.58 bits per heavy atom. The lowest BCUT2D eigenvalue weighted by Crippen LogP contribution is -2.14. The van der Waals surface area contributed by atoms with Crippen molar-refractivity contribution >= 4 is 0 Å². The Hall–Kier alpha value is -0.940. The van der Waals surface area contributed by atoms with Crippen LogP contribution >= 0.6 is 0 Å². The fourth-order valence-electron chi connectivity index (χ4n) is 0.694. The lowest BCUT2D eigenvalue weighted by molar-refractivity contribution is -0.403. The van der Waals surface area contributed by atoms with Gasteiger partial charge in [-0.25, -0.2) is 0 Å². The van der Waals surface area contributed by atoms with Gasteiger partial charge in [-0.3, -0.25) is 10.1 Å². The van der Waals surface area contributed by atoms with E-state index in [0.717, 1.165) is 6.08 Å². The van der Waals surface area contributed by atoms with E-state index in [-0.39, 0.29) is 6.42 Å². The summed E-state index contributed by atoms with van der Waals surface area (Å²) in [6.07, 6.45) is 0.859. The molecule has 0 spiro atoms. The highest BCUT2D eigenvalue weighted by Crippen LogP contribution is 2.02. The molecule has 2 atom stereocenters. The van der Waals surface area contributed by atoms with E-state index in [1.54, 1.807) is 6.92 Å². The lowest BCUT2D eigenvalue weighted by Gasteiger charge is -2.08. The number of nitro groups is 1. The third kappa shape index (κ3) is 5.82. The smallest absolute Gasteiger partial charge is 0.233 e. The molecule has 0 aliphatic heterocycles. The largest absolute Gasteiger partial charge is 0.393 e. The zero-order valence-corrected chi connectivity index (χ0v) is 6.88. The molecule has 0 aromatic carbocycles. The number of nitrogens with zero attached hydrogens (tertiary/aromatic N) is 1. The maximum Gasteiger partial charge on any atom is 0.233 e. The maximum absolute atomic E-state index is 9.80. The molecular weight excluding hydrogens is 162 g/mol. The van der Waals surface area contributed by atoms with Gasteiger partial charge in [0.1, 0.15) is 0 Å². The van der Waals surface area contributed by atoms with Crippen LogP contribution in [0.2, 0.25) is 0 Å². The van der Waals surface area contributed by atoms with Gasteiger partial charge < -0.3 is 10.2 Å². The van der Waals surface area contributed by atoms with Gasteiger partial charge >= 0.3 is 0 Å². The summed E-state index contributed by atoms with van der Waals surface area (Å²) in [5.41, 5.74) is 0. The van der Waals surface area contributed by atoms with E-state index >= 15 is 0 Å². The Morgan fingerprint density at radius 3 is 2.58 bits per heavy atom. The summed E-state index contributed by atoms with van der Waals surface area (Å²) in [5, 5.41) is 27.9. The quantitative estimate of drug-likeness (QED) is 0.465. The molecule has 0 aliphatic carbocycles. The maximum atomic E-state index is 9.80. The molecule has 12 heavy (non-hydrogen) atoms. The van der Waals surface area contributed by atoms with Gasteiger partial charge in [0.15, 0.2) is 0 Å². The average Bonchev–Trinajstić information content (AvgIpc) is 2.00. The Kier molecular flexibility index (Phi) is 5.23. The molecule has 5 nitrogen and oxygen atoms in total. The molecule has 0 unspecified atom stereocenters. The summed E-state index contributed by atoms with van der Waals surface area (Å²) >= 11 is 0. The first-order valence-electron chi connectivity index (χ1n) is 3.74. The van der Waals surface area contributed by atoms with Crippen molar-refractivity contribution in [1.82, 2.24) is 0 Å². The summed E-state index contributed by atoms with van der Waals surface area (Å²) in [6.45, 7) is 1.77. The van der Waals surface area contributed by atoms with Crippen LogP contribution in [0.15, 0.2) is 12.3 Å². The SMILES string of the molecule is CC[C@@H](O)C[C@H](O)C=C[N+](=O)[O-]. The van der Waals surface area contributed by atoms with Crippen molar-refractivity contribution in [3.8, 4) is 0 Å². The zero-order valence-electron chi connectivity index (χ0n) is 6.88. The van der Waals surface area contributed by atoms with Crippen LogP contribution in [0.3, 0.4) is 0 Å². The molecule has 0 amide bonds. The molecule has 0 bridgehead atoms. The summed E-state index contributed by atoms with van der Waals surface area (Å²) in [6, 6.07) is 0. The molecule has 2 N–H and O–H groups in total. The van der Waals surface area contributed by atoms with E-state index in [4.69, 9.17) is 10.2 Å². The van der Waals surface area contributed by atoms with E-state index in [9.17, 15) is 10.1 Å². The van der Waals surface area contributed by atoms with E-state index in [1.807, 2.05) is 0 Å². The van der Waals surface area contributed by atoms with Crippen molar-refractivity contribution in [3.05, 3.63) is 22.4 Å². The molecule has 5 heteroatoms. The number of rotatable bonds is 5. The lowest BCUT2D eigenvalue weighted by atomic mass is 10.1. The molecule has 0 aliphatic rings. The van der Waals surface area contributed by atoms with Crippen molar-refractivity contribution in [3.63, 3.8) is 0 Å². The van der Waals surface area contributed by atoms with E-state index < -0.39 is 17.1 Å². The molecule has 0 aromatic heterocycles. The monoisotopic (exact) mass is 175 g/mol. The third-order valence-corrected chi connectivity index (χ3v) is 1.41. The van der Waals surface area contributed by atoms with Crippen LogP contribution in [-0.2, 0) is 0 Å². The van der Waals surface area contributed by atoms with Gasteiger partial charge in [-0.1, -0.05) is 6.92 Å². The fraction of sp³-hybridized carbons (Fsp3) is 0.714. The van der Waals surface area contributed by atoms with Gasteiger partial charge in [0, 0.05) is 12.5 Å². The van der Waals surface area contributed by atoms with Crippen LogP contribution < -0.4 is 0 Å². The standard InChI is InChI=1S/C7H13NO4/c1-2-6(9)5-7(10)3-4-8(11)12/h3-4,6-7,9-10H,2,5H2,1H3/t6-,7-/m1/s1. The summed E-state index contributed by atoms with van der Waals surface area (Å²) in [7, 11) is 0. The Labute approximate surface area is 70.5 Å². The van der Waals surface area contributed by atoms with Gasteiger partial charge in [0.25, 0.3) is 0 Å². The van der Waals surface area contributed by atoms with Crippen molar-refractivity contribution < 1.29 is 15.1 Å². The van der Waals surface area contributed by atoms with Crippen molar-refractivity contribution in [2.45, 2.75) is 32.0 Å². The average molecular weight is 175 g/mol. The molecule has 70 valence electrons. The zero-order chi connectivity index (χ0) is 9.56. The van der Waals surface area contributed by atoms with Crippen LogP contribution in [0.1, 0.15) is 19.8 Å². The second-order valence-corrected chi connectivity index (χ2v) is 2.49. The van der Waals surface area contributed by atoms with Crippen molar-refractivity contribution in [2.24, 2.45) is 0 Å². The molecule has 0 saturated heterocycles. The Bertz CT molecular complexity index is 169. The summed E-state index contributed by atoms with van der Waals surface area (Å²) in [4.78, 5) is 9.15. The van der Waals surface area contributed by atoms with Gasteiger partial charge in [-0.05, 0) is 6.42 Å². The molecule has 0 heterocycles. The minimum atomic E-state index is -0.939. The first kappa shape index (κ1) is 11.1. The third-order valence-electron chi connectivity index (χ3n) is 1.41. The second kappa shape index (κ2) is 5.68. The number of aliphatic hydroxyl groups excluding tert-OH is 2. The Morgan fingerprint density at radius 2 is 2.17 bits per heavy atom. The van der Waals surface area contributed by atoms with Crippen LogP contribution in [0.4, 0.5) is 0 Å². The predicted molar refractivity (Wildman–Crippen MR) is 43.1 cm³/mol. The molecule has 0 saturated carbocycles. The van der Waals surface area contributed by atoms with Gasteiger partial charge in [0.05, 0.1) is 17.1 Å². The van der Waals surface area contributed by atoms with Crippen molar-refractivity contribution in [2.75, 3.05) is 0 Å². The first-order valence-corrected chi connectivity index (χ1v) is 3.74. The van der Waals surface area contributed by atoms with Gasteiger partial charge in [-0.2, -0.15) is 0 Å². The summed E-state index contributed by atoms with van der Waals surface area (Å²) < 4.78 is 0. The minimum Gasteiger partial charge on any atom is -0.393 e. The highest BCUT2D eigenvalue weighted by molar-refractivity contribution is 4.83. The van der Waals surface area contributed by atoms with Gasteiger partial charge in [-0.15, -0.1) is 0 Å². The number of hydrogen-bond donors (Lipinski definition) is 2. The first-order chi connectivity index (χ1) is 5.56. The predicted octanol–water partition coefficient (Wildman–Crippen LogP) is 0.299. The van der Waals surface area contributed by atoms with Crippen LogP contribution in [0, 0.1) is 10.1 Å². The van der Waals surface area contributed by atoms with Crippen molar-refractivity contribution in [1.29, 1.82) is 0 Å². The van der Waals surface area contributed by atoms with E-state index in [0.29, 0.717) is 12.6 Å². The van der Waals surface area contributed by atoms with Crippen LogP contribution in [0.5, 0.6) is 0 Å². The molecule has 0 fully saturated rings. The highest BCUT2D eigenvalue weighted by atomic mass is 16.6. The summed E-state index contributed by atoms with van der Waals surface area (Å²) in [5.74, 6) is 0. The van der Waals surface area contributed by atoms with Gasteiger partial charge in [0.2, 0.25) is 6.20 Å². The fourth-order valence-corrected chi connectivity index (χ4v) is 0.694. The Balaban J connectivity index is 3.72.